The van der Waals surface area contributed by atoms with Gasteiger partial charge in [0.05, 0.1) is 12.2 Å². The molecule has 132 valence electrons. The Bertz CT molecular complexity index is 541. The first-order chi connectivity index (χ1) is 11.7. The van der Waals surface area contributed by atoms with Crippen molar-refractivity contribution >= 4 is 17.4 Å². The molecule has 3 aliphatic rings. The molecule has 0 saturated carbocycles. The number of hydrogen-bond donors (Lipinski definition) is 1. The SMILES string of the molecule is O=C(NC[C@H]1CCC2(CN(Cc3cccs3)C2)OC1)N1CCCC1. The monoisotopic (exact) mass is 349 g/mol. The summed E-state index contributed by atoms with van der Waals surface area (Å²) in [6.45, 7) is 6.53. The molecule has 1 spiro atoms. The van der Waals surface area contributed by atoms with Gasteiger partial charge in [0, 0.05) is 44.1 Å². The van der Waals surface area contributed by atoms with E-state index in [1.807, 2.05) is 16.2 Å². The van der Waals surface area contributed by atoms with Gasteiger partial charge in [0.25, 0.3) is 0 Å². The highest BCUT2D eigenvalue weighted by molar-refractivity contribution is 7.09. The Hall–Kier alpha value is -1.11. The second-order valence-corrected chi connectivity index (χ2v) is 8.54. The summed E-state index contributed by atoms with van der Waals surface area (Å²) in [5.41, 5.74) is 0.0900. The summed E-state index contributed by atoms with van der Waals surface area (Å²) in [7, 11) is 0. The van der Waals surface area contributed by atoms with Crippen molar-refractivity contribution in [3.8, 4) is 0 Å². The molecule has 1 N–H and O–H groups in total. The fourth-order valence-corrected chi connectivity index (χ4v) is 4.84. The molecule has 5 nitrogen and oxygen atoms in total. The summed E-state index contributed by atoms with van der Waals surface area (Å²) >= 11 is 1.83. The molecule has 0 bridgehead atoms. The Kier molecular flexibility index (Phi) is 4.79. The maximum atomic E-state index is 12.0. The molecular weight excluding hydrogens is 322 g/mol. The molecule has 2 amide bonds. The predicted octanol–water partition coefficient (Wildman–Crippen LogP) is 2.53. The van der Waals surface area contributed by atoms with Gasteiger partial charge in [0.2, 0.25) is 0 Å². The molecule has 3 saturated heterocycles. The highest BCUT2D eigenvalue weighted by atomic mass is 32.1. The minimum Gasteiger partial charge on any atom is -0.372 e. The normalized spacial score (nSPS) is 26.5. The average molecular weight is 350 g/mol. The van der Waals surface area contributed by atoms with Crippen LogP contribution >= 0.6 is 11.3 Å². The van der Waals surface area contributed by atoms with Gasteiger partial charge in [-0.2, -0.15) is 0 Å². The van der Waals surface area contributed by atoms with Crippen LogP contribution in [0.25, 0.3) is 0 Å². The lowest BCUT2D eigenvalue weighted by Crippen LogP contribution is -2.64. The fraction of sp³-hybridized carbons (Fsp3) is 0.722. The Morgan fingerprint density at radius 3 is 2.88 bits per heavy atom. The number of rotatable bonds is 4. The molecule has 1 aromatic heterocycles. The van der Waals surface area contributed by atoms with Gasteiger partial charge in [0.1, 0.15) is 0 Å². The molecule has 0 unspecified atom stereocenters. The third-order valence-electron chi connectivity index (χ3n) is 5.55. The van der Waals surface area contributed by atoms with Gasteiger partial charge in [-0.3, -0.25) is 4.90 Å². The first kappa shape index (κ1) is 16.4. The van der Waals surface area contributed by atoms with Gasteiger partial charge < -0.3 is 15.0 Å². The summed E-state index contributed by atoms with van der Waals surface area (Å²) in [6, 6.07) is 4.43. The van der Waals surface area contributed by atoms with E-state index in [9.17, 15) is 4.79 Å². The Balaban J connectivity index is 1.16. The highest BCUT2D eigenvalue weighted by Gasteiger charge is 2.46. The fourth-order valence-electron chi connectivity index (χ4n) is 4.09. The van der Waals surface area contributed by atoms with E-state index in [1.165, 1.54) is 4.88 Å². The van der Waals surface area contributed by atoms with Gasteiger partial charge >= 0.3 is 6.03 Å². The molecule has 1 aromatic rings. The summed E-state index contributed by atoms with van der Waals surface area (Å²) in [5.74, 6) is 0.466. The van der Waals surface area contributed by atoms with Crippen LogP contribution in [-0.2, 0) is 11.3 Å². The van der Waals surface area contributed by atoms with E-state index in [-0.39, 0.29) is 11.6 Å². The number of urea groups is 1. The van der Waals surface area contributed by atoms with E-state index in [2.05, 4.69) is 27.7 Å². The smallest absolute Gasteiger partial charge is 0.317 e. The van der Waals surface area contributed by atoms with E-state index in [0.29, 0.717) is 5.92 Å². The lowest BCUT2D eigenvalue weighted by molar-refractivity contribution is -0.181. The van der Waals surface area contributed by atoms with Crippen LogP contribution in [0.2, 0.25) is 0 Å². The van der Waals surface area contributed by atoms with Gasteiger partial charge in [-0.05, 0) is 43.0 Å². The van der Waals surface area contributed by atoms with E-state index in [1.54, 1.807) is 0 Å². The van der Waals surface area contributed by atoms with Gasteiger partial charge in [-0.15, -0.1) is 11.3 Å². The van der Waals surface area contributed by atoms with E-state index in [4.69, 9.17) is 4.74 Å². The number of ether oxygens (including phenoxy) is 1. The Morgan fingerprint density at radius 1 is 1.38 bits per heavy atom. The van der Waals surface area contributed by atoms with Gasteiger partial charge in [0.15, 0.2) is 0 Å². The number of hydrogen-bond acceptors (Lipinski definition) is 4. The Labute approximate surface area is 148 Å². The van der Waals surface area contributed by atoms with Crippen molar-refractivity contribution < 1.29 is 9.53 Å². The molecule has 0 radical (unpaired) electrons. The van der Waals surface area contributed by atoms with Crippen LogP contribution in [-0.4, -0.2) is 60.8 Å². The van der Waals surface area contributed by atoms with Crippen LogP contribution in [0.1, 0.15) is 30.6 Å². The topological polar surface area (TPSA) is 44.8 Å². The summed E-state index contributed by atoms with van der Waals surface area (Å²) in [6.07, 6.45) is 4.57. The zero-order valence-corrected chi connectivity index (χ0v) is 15.0. The molecule has 24 heavy (non-hydrogen) atoms. The highest BCUT2D eigenvalue weighted by Crippen LogP contribution is 2.36. The molecular formula is C18H27N3O2S. The van der Waals surface area contributed by atoms with Crippen molar-refractivity contribution in [2.75, 3.05) is 39.3 Å². The lowest BCUT2D eigenvalue weighted by Gasteiger charge is -2.52. The minimum absolute atomic E-state index is 0.0900. The van der Waals surface area contributed by atoms with Crippen molar-refractivity contribution in [3.63, 3.8) is 0 Å². The lowest BCUT2D eigenvalue weighted by atomic mass is 9.83. The first-order valence-electron chi connectivity index (χ1n) is 9.14. The van der Waals surface area contributed by atoms with Gasteiger partial charge in [-0.25, -0.2) is 4.79 Å². The largest absolute Gasteiger partial charge is 0.372 e. The van der Waals surface area contributed by atoms with Crippen molar-refractivity contribution in [2.45, 2.75) is 37.8 Å². The predicted molar refractivity (Wildman–Crippen MR) is 95.2 cm³/mol. The number of carbonyl (C=O) groups excluding carboxylic acids is 1. The van der Waals surface area contributed by atoms with E-state index >= 15 is 0 Å². The standard InChI is InChI=1S/C18H27N3O2S/c22-17(21-7-1-2-8-21)19-10-15-5-6-18(23-12-15)13-20(14-18)11-16-4-3-9-24-16/h3-4,9,15H,1-2,5-8,10-14H2,(H,19,22)/t15-/m1/s1. The van der Waals surface area contributed by atoms with Crippen LogP contribution in [0, 0.1) is 5.92 Å². The summed E-state index contributed by atoms with van der Waals surface area (Å²) in [5, 5.41) is 5.24. The van der Waals surface area contributed by atoms with Crippen LogP contribution in [0.3, 0.4) is 0 Å². The van der Waals surface area contributed by atoms with Crippen LogP contribution in [0.5, 0.6) is 0 Å². The molecule has 0 aromatic carbocycles. The molecule has 6 heteroatoms. The molecule has 1 atom stereocenters. The quantitative estimate of drug-likeness (QED) is 0.908. The number of nitrogens with one attached hydrogen (secondary N) is 1. The zero-order valence-electron chi connectivity index (χ0n) is 14.2. The molecule has 3 fully saturated rings. The number of amides is 2. The van der Waals surface area contributed by atoms with Crippen molar-refractivity contribution in [1.82, 2.24) is 15.1 Å². The van der Waals surface area contributed by atoms with E-state index < -0.39 is 0 Å². The second-order valence-electron chi connectivity index (χ2n) is 7.50. The number of thiophene rings is 1. The molecule has 4 rings (SSSR count). The number of likely N-dealkylation sites (tertiary alicyclic amines) is 2. The zero-order chi connectivity index (χ0) is 16.4. The summed E-state index contributed by atoms with van der Waals surface area (Å²) in [4.78, 5) is 17.9. The first-order valence-corrected chi connectivity index (χ1v) is 10.0. The molecule has 3 aliphatic heterocycles. The maximum absolute atomic E-state index is 12.0. The second kappa shape index (κ2) is 7.02. The van der Waals surface area contributed by atoms with Crippen molar-refractivity contribution in [1.29, 1.82) is 0 Å². The van der Waals surface area contributed by atoms with Crippen LogP contribution in [0.4, 0.5) is 4.79 Å². The average Bonchev–Trinajstić information content (AvgIpc) is 3.26. The van der Waals surface area contributed by atoms with Crippen molar-refractivity contribution in [2.24, 2.45) is 5.92 Å². The summed E-state index contributed by atoms with van der Waals surface area (Å²) < 4.78 is 6.22. The number of carbonyl (C=O) groups is 1. The Morgan fingerprint density at radius 2 is 2.21 bits per heavy atom. The van der Waals surface area contributed by atoms with E-state index in [0.717, 1.165) is 71.6 Å². The van der Waals surface area contributed by atoms with Crippen LogP contribution in [0.15, 0.2) is 17.5 Å². The molecule has 4 heterocycles. The molecule has 0 aliphatic carbocycles. The minimum atomic E-state index is 0.0900. The maximum Gasteiger partial charge on any atom is 0.317 e. The third-order valence-corrected chi connectivity index (χ3v) is 6.41. The number of nitrogens with zero attached hydrogens (tertiary/aromatic N) is 2. The van der Waals surface area contributed by atoms with Crippen molar-refractivity contribution in [3.05, 3.63) is 22.4 Å². The third kappa shape index (κ3) is 3.60. The van der Waals surface area contributed by atoms with Crippen LogP contribution < -0.4 is 5.32 Å². The van der Waals surface area contributed by atoms with Gasteiger partial charge in [-0.1, -0.05) is 6.07 Å².